The molecule has 0 N–H and O–H groups in total. The highest BCUT2D eigenvalue weighted by Gasteiger charge is 2.06. The molecule has 0 aliphatic heterocycles. The molecule has 106 valence electrons. The average molecular weight is 301 g/mol. The summed E-state index contributed by atoms with van der Waals surface area (Å²) in [7, 11) is 1.59. The zero-order valence-electron chi connectivity index (χ0n) is 11.2. The highest BCUT2D eigenvalue weighted by molar-refractivity contribution is 7.16. The standard InChI is InChI=1S/C16H12FNO2S/c1-20-13-6-7-14-15(10-13)21-16(19)18(14)9-8-11-2-4-12(17)5-3-11/h2-10H,1H3. The number of thiazole rings is 1. The maximum atomic E-state index is 12.9. The van der Waals surface area contributed by atoms with Crippen molar-refractivity contribution in [3.05, 3.63) is 63.5 Å². The second-order valence-electron chi connectivity index (χ2n) is 4.44. The molecule has 0 atom stereocenters. The van der Waals surface area contributed by atoms with Crippen molar-refractivity contribution in [3.63, 3.8) is 0 Å². The van der Waals surface area contributed by atoms with E-state index in [0.29, 0.717) is 0 Å². The number of rotatable bonds is 3. The van der Waals surface area contributed by atoms with Gasteiger partial charge in [-0.25, -0.2) is 4.39 Å². The van der Waals surface area contributed by atoms with E-state index in [2.05, 4.69) is 0 Å². The fraction of sp³-hybridized carbons (Fsp3) is 0.0625. The van der Waals surface area contributed by atoms with Gasteiger partial charge in [0.1, 0.15) is 11.6 Å². The van der Waals surface area contributed by atoms with E-state index in [1.165, 1.54) is 12.1 Å². The van der Waals surface area contributed by atoms with Crippen molar-refractivity contribution in [3.8, 4) is 5.75 Å². The zero-order valence-corrected chi connectivity index (χ0v) is 12.1. The van der Waals surface area contributed by atoms with Gasteiger partial charge in [0.2, 0.25) is 0 Å². The van der Waals surface area contributed by atoms with Gasteiger partial charge in [-0.05, 0) is 42.0 Å². The summed E-state index contributed by atoms with van der Waals surface area (Å²) in [5.41, 5.74) is 1.65. The van der Waals surface area contributed by atoms with E-state index in [4.69, 9.17) is 4.74 Å². The molecule has 0 saturated carbocycles. The summed E-state index contributed by atoms with van der Waals surface area (Å²) >= 11 is 1.16. The van der Waals surface area contributed by atoms with Crippen LogP contribution in [0.2, 0.25) is 0 Å². The van der Waals surface area contributed by atoms with Gasteiger partial charge < -0.3 is 4.74 Å². The van der Waals surface area contributed by atoms with Gasteiger partial charge in [-0.2, -0.15) is 0 Å². The number of nitrogens with zero attached hydrogens (tertiary/aromatic N) is 1. The first-order valence-electron chi connectivity index (χ1n) is 6.30. The Hall–Kier alpha value is -2.40. The van der Waals surface area contributed by atoms with Crippen LogP contribution in [0, 0.1) is 5.82 Å². The first-order chi connectivity index (χ1) is 10.2. The molecule has 0 radical (unpaired) electrons. The van der Waals surface area contributed by atoms with E-state index in [1.54, 1.807) is 36.1 Å². The molecule has 0 bridgehead atoms. The van der Waals surface area contributed by atoms with Gasteiger partial charge >= 0.3 is 4.87 Å². The van der Waals surface area contributed by atoms with Gasteiger partial charge in [-0.1, -0.05) is 23.5 Å². The molecular weight excluding hydrogens is 289 g/mol. The molecule has 0 aliphatic carbocycles. The van der Waals surface area contributed by atoms with Crippen LogP contribution in [-0.4, -0.2) is 11.7 Å². The third kappa shape index (κ3) is 2.73. The van der Waals surface area contributed by atoms with Crippen LogP contribution in [0.3, 0.4) is 0 Å². The predicted molar refractivity (Wildman–Crippen MR) is 84.3 cm³/mol. The molecule has 21 heavy (non-hydrogen) atoms. The summed E-state index contributed by atoms with van der Waals surface area (Å²) in [5, 5.41) is 0. The van der Waals surface area contributed by atoms with E-state index >= 15 is 0 Å². The van der Waals surface area contributed by atoms with Crippen LogP contribution >= 0.6 is 11.3 Å². The molecule has 1 aromatic heterocycles. The van der Waals surface area contributed by atoms with E-state index in [9.17, 15) is 9.18 Å². The van der Waals surface area contributed by atoms with Gasteiger partial charge in [-0.15, -0.1) is 0 Å². The van der Waals surface area contributed by atoms with Crippen LogP contribution < -0.4 is 9.61 Å². The van der Waals surface area contributed by atoms with Gasteiger partial charge in [0.25, 0.3) is 0 Å². The lowest BCUT2D eigenvalue weighted by molar-refractivity contribution is 0.415. The lowest BCUT2D eigenvalue weighted by Gasteiger charge is -2.00. The molecule has 2 aromatic carbocycles. The van der Waals surface area contributed by atoms with Gasteiger partial charge in [-0.3, -0.25) is 9.36 Å². The summed E-state index contributed by atoms with van der Waals surface area (Å²) in [6, 6.07) is 11.6. The molecule has 5 heteroatoms. The van der Waals surface area contributed by atoms with Crippen molar-refractivity contribution in [2.75, 3.05) is 7.11 Å². The molecule has 1 heterocycles. The van der Waals surface area contributed by atoms with E-state index in [-0.39, 0.29) is 10.7 Å². The van der Waals surface area contributed by atoms with Gasteiger partial charge in [0.15, 0.2) is 0 Å². The molecule has 3 aromatic rings. The molecule has 0 saturated heterocycles. The van der Waals surface area contributed by atoms with Crippen molar-refractivity contribution in [1.82, 2.24) is 4.57 Å². The predicted octanol–water partition coefficient (Wildman–Crippen LogP) is 3.84. The van der Waals surface area contributed by atoms with Crippen LogP contribution in [0.5, 0.6) is 5.75 Å². The minimum Gasteiger partial charge on any atom is -0.497 e. The van der Waals surface area contributed by atoms with Crippen LogP contribution in [0.4, 0.5) is 4.39 Å². The summed E-state index contributed by atoms with van der Waals surface area (Å²) in [6.07, 6.45) is 3.47. The Kier molecular flexibility index (Phi) is 3.58. The zero-order chi connectivity index (χ0) is 14.8. The number of benzene rings is 2. The molecule has 3 nitrogen and oxygen atoms in total. The van der Waals surface area contributed by atoms with Gasteiger partial charge in [0.05, 0.1) is 17.3 Å². The van der Waals surface area contributed by atoms with Crippen LogP contribution in [0.25, 0.3) is 22.5 Å². The van der Waals surface area contributed by atoms with Crippen molar-refractivity contribution >= 4 is 33.8 Å². The fourth-order valence-corrected chi connectivity index (χ4v) is 2.91. The molecule has 0 unspecified atom stereocenters. The number of hydrogen-bond donors (Lipinski definition) is 0. The third-order valence-electron chi connectivity index (χ3n) is 3.11. The lowest BCUT2D eigenvalue weighted by atomic mass is 10.2. The van der Waals surface area contributed by atoms with Crippen LogP contribution in [0.1, 0.15) is 5.56 Å². The molecule has 0 amide bonds. The van der Waals surface area contributed by atoms with Crippen molar-refractivity contribution in [1.29, 1.82) is 0 Å². The molecular formula is C16H12FNO2S. The Labute approximate surface area is 124 Å². The molecule has 0 aliphatic rings. The fourth-order valence-electron chi connectivity index (χ4n) is 2.02. The monoisotopic (exact) mass is 301 g/mol. The summed E-state index contributed by atoms with van der Waals surface area (Å²) < 4.78 is 20.4. The number of aromatic nitrogens is 1. The van der Waals surface area contributed by atoms with Crippen molar-refractivity contribution in [2.45, 2.75) is 0 Å². The topological polar surface area (TPSA) is 31.2 Å². The lowest BCUT2D eigenvalue weighted by Crippen LogP contribution is -2.05. The minimum absolute atomic E-state index is 0.0726. The number of methoxy groups -OCH3 is 1. The van der Waals surface area contributed by atoms with Crippen LogP contribution in [0.15, 0.2) is 47.3 Å². The van der Waals surface area contributed by atoms with E-state index < -0.39 is 0 Å². The maximum absolute atomic E-state index is 12.9. The quantitative estimate of drug-likeness (QED) is 0.736. The van der Waals surface area contributed by atoms with Crippen molar-refractivity contribution in [2.24, 2.45) is 0 Å². The Morgan fingerprint density at radius 2 is 1.95 bits per heavy atom. The molecule has 3 rings (SSSR count). The minimum atomic E-state index is -0.280. The number of ether oxygens (including phenoxy) is 1. The second-order valence-corrected chi connectivity index (χ2v) is 5.43. The van der Waals surface area contributed by atoms with Gasteiger partial charge in [0, 0.05) is 6.20 Å². The Bertz CT molecular complexity index is 862. The largest absolute Gasteiger partial charge is 0.497 e. The average Bonchev–Trinajstić information content (AvgIpc) is 2.81. The maximum Gasteiger partial charge on any atom is 0.312 e. The first-order valence-corrected chi connectivity index (χ1v) is 7.12. The summed E-state index contributed by atoms with van der Waals surface area (Å²) in [6.45, 7) is 0. The van der Waals surface area contributed by atoms with E-state index in [0.717, 1.165) is 32.9 Å². The second kappa shape index (κ2) is 5.54. The highest BCUT2D eigenvalue weighted by atomic mass is 32.1. The number of halogens is 1. The number of hydrogen-bond acceptors (Lipinski definition) is 3. The van der Waals surface area contributed by atoms with E-state index in [1.807, 2.05) is 18.2 Å². The normalized spacial score (nSPS) is 11.3. The first kappa shape index (κ1) is 13.6. The molecule has 0 spiro atoms. The van der Waals surface area contributed by atoms with Crippen molar-refractivity contribution < 1.29 is 9.13 Å². The highest BCUT2D eigenvalue weighted by Crippen LogP contribution is 2.23. The Morgan fingerprint density at radius 1 is 1.19 bits per heavy atom. The smallest absolute Gasteiger partial charge is 0.312 e. The summed E-state index contributed by atoms with van der Waals surface area (Å²) in [4.78, 5) is 12.0. The third-order valence-corrected chi connectivity index (χ3v) is 4.02. The molecule has 0 fully saturated rings. The SMILES string of the molecule is COc1ccc2c(c1)sc(=O)n2C=Cc1ccc(F)cc1. The summed E-state index contributed by atoms with van der Waals surface area (Å²) in [5.74, 6) is 0.441. The Morgan fingerprint density at radius 3 is 2.67 bits per heavy atom. The number of fused-ring (bicyclic) bond motifs is 1. The Balaban J connectivity index is 2.02. The van der Waals surface area contributed by atoms with Crippen LogP contribution in [-0.2, 0) is 0 Å².